The van der Waals surface area contributed by atoms with Crippen LogP contribution >= 0.6 is 0 Å². The summed E-state index contributed by atoms with van der Waals surface area (Å²) in [5.74, 6) is 3.06. The van der Waals surface area contributed by atoms with E-state index in [1.807, 2.05) is 12.5 Å². The number of hydrogen-bond acceptors (Lipinski definition) is 2. The third-order valence-corrected chi connectivity index (χ3v) is 6.54. The Morgan fingerprint density at radius 2 is 1.85 bits per heavy atom. The first-order chi connectivity index (χ1) is 9.70. The van der Waals surface area contributed by atoms with Crippen molar-refractivity contribution in [2.75, 3.05) is 6.54 Å². The van der Waals surface area contributed by atoms with Gasteiger partial charge in [-0.05, 0) is 75.2 Å². The maximum absolute atomic E-state index is 5.75. The van der Waals surface area contributed by atoms with Gasteiger partial charge in [-0.2, -0.15) is 0 Å². The standard InChI is InChI=1S/C17H27N3/c1-12(20-11-19-10-16(20)2-3-18)17-7-13-4-14(8-17)6-15(5-13)9-17/h10-15H,2-9,18H2,1H3. The molecule has 0 aliphatic heterocycles. The SMILES string of the molecule is CC(n1cncc1CCN)C12CC3CC(CC(C3)C1)C2. The number of rotatable bonds is 4. The van der Waals surface area contributed by atoms with E-state index in [1.165, 1.54) is 44.2 Å². The van der Waals surface area contributed by atoms with Crippen LogP contribution in [0.1, 0.15) is 57.2 Å². The van der Waals surface area contributed by atoms with E-state index in [1.54, 1.807) is 0 Å². The quantitative estimate of drug-likeness (QED) is 0.915. The number of aromatic nitrogens is 2. The summed E-state index contributed by atoms with van der Waals surface area (Å²) >= 11 is 0. The largest absolute Gasteiger partial charge is 0.331 e. The Kier molecular flexibility index (Phi) is 2.95. The molecule has 20 heavy (non-hydrogen) atoms. The summed E-state index contributed by atoms with van der Waals surface area (Å²) in [6.45, 7) is 3.16. The predicted octanol–water partition coefficient (Wildman–Crippen LogP) is 3.16. The topological polar surface area (TPSA) is 43.8 Å². The van der Waals surface area contributed by atoms with E-state index in [0.29, 0.717) is 11.5 Å². The molecule has 3 nitrogen and oxygen atoms in total. The van der Waals surface area contributed by atoms with Crippen LogP contribution in [-0.2, 0) is 6.42 Å². The molecule has 0 amide bonds. The molecular weight excluding hydrogens is 246 g/mol. The fraction of sp³-hybridized carbons (Fsp3) is 0.824. The molecule has 2 N–H and O–H groups in total. The number of nitrogens with zero attached hydrogens (tertiary/aromatic N) is 2. The molecule has 4 fully saturated rings. The zero-order valence-corrected chi connectivity index (χ0v) is 12.6. The molecule has 4 aliphatic carbocycles. The van der Waals surface area contributed by atoms with Gasteiger partial charge in [-0.25, -0.2) is 4.98 Å². The summed E-state index contributed by atoms with van der Waals surface area (Å²) in [5, 5.41) is 0. The van der Waals surface area contributed by atoms with Crippen molar-refractivity contribution >= 4 is 0 Å². The average Bonchev–Trinajstić information content (AvgIpc) is 2.85. The summed E-state index contributed by atoms with van der Waals surface area (Å²) in [6, 6.07) is 0.597. The van der Waals surface area contributed by atoms with Crippen molar-refractivity contribution in [3.05, 3.63) is 18.2 Å². The molecule has 1 atom stereocenters. The Bertz CT molecular complexity index is 455. The van der Waals surface area contributed by atoms with Crippen LogP contribution in [0.2, 0.25) is 0 Å². The maximum atomic E-state index is 5.75. The van der Waals surface area contributed by atoms with Gasteiger partial charge in [-0.15, -0.1) is 0 Å². The second kappa shape index (κ2) is 4.59. The molecule has 0 aromatic carbocycles. The van der Waals surface area contributed by atoms with Crippen LogP contribution in [0.5, 0.6) is 0 Å². The van der Waals surface area contributed by atoms with E-state index < -0.39 is 0 Å². The minimum Gasteiger partial charge on any atom is -0.331 e. The summed E-state index contributed by atoms with van der Waals surface area (Å²) in [7, 11) is 0. The number of imidazole rings is 1. The van der Waals surface area contributed by atoms with E-state index in [9.17, 15) is 0 Å². The van der Waals surface area contributed by atoms with Gasteiger partial charge in [0.15, 0.2) is 0 Å². The molecule has 5 rings (SSSR count). The number of nitrogens with two attached hydrogens (primary N) is 1. The molecule has 3 heteroatoms. The van der Waals surface area contributed by atoms with Gasteiger partial charge in [0.2, 0.25) is 0 Å². The number of hydrogen-bond donors (Lipinski definition) is 1. The normalized spacial score (nSPS) is 40.2. The summed E-state index contributed by atoms with van der Waals surface area (Å²) in [5.41, 5.74) is 7.64. The van der Waals surface area contributed by atoms with Crippen LogP contribution in [0.15, 0.2) is 12.5 Å². The molecule has 1 unspecified atom stereocenters. The summed E-state index contributed by atoms with van der Waals surface area (Å²) < 4.78 is 2.44. The zero-order chi connectivity index (χ0) is 13.7. The van der Waals surface area contributed by atoms with Crippen LogP contribution in [0, 0.1) is 23.2 Å². The first-order valence-electron chi connectivity index (χ1n) is 8.41. The van der Waals surface area contributed by atoms with Crippen LogP contribution in [-0.4, -0.2) is 16.1 Å². The van der Waals surface area contributed by atoms with Gasteiger partial charge in [-0.1, -0.05) is 0 Å². The lowest BCUT2D eigenvalue weighted by Gasteiger charge is -2.59. The molecule has 4 aliphatic rings. The van der Waals surface area contributed by atoms with Crippen molar-refractivity contribution in [1.82, 2.24) is 9.55 Å². The Hall–Kier alpha value is -0.830. The van der Waals surface area contributed by atoms with E-state index in [-0.39, 0.29) is 0 Å². The zero-order valence-electron chi connectivity index (χ0n) is 12.6. The van der Waals surface area contributed by atoms with Crippen molar-refractivity contribution in [3.63, 3.8) is 0 Å². The highest BCUT2D eigenvalue weighted by Crippen LogP contribution is 2.63. The molecule has 0 spiro atoms. The van der Waals surface area contributed by atoms with Gasteiger partial charge >= 0.3 is 0 Å². The second-order valence-electron chi connectivity index (χ2n) is 7.79. The molecular formula is C17H27N3. The van der Waals surface area contributed by atoms with E-state index in [0.717, 1.165) is 30.7 Å². The second-order valence-corrected chi connectivity index (χ2v) is 7.79. The lowest BCUT2D eigenvalue weighted by Crippen LogP contribution is -2.49. The van der Waals surface area contributed by atoms with E-state index in [2.05, 4.69) is 16.5 Å². The maximum Gasteiger partial charge on any atom is 0.0950 e. The minimum absolute atomic E-state index is 0.554. The lowest BCUT2D eigenvalue weighted by molar-refractivity contribution is -0.0792. The van der Waals surface area contributed by atoms with Crippen molar-refractivity contribution in [1.29, 1.82) is 0 Å². The fourth-order valence-electron chi connectivity index (χ4n) is 6.01. The Labute approximate surface area is 122 Å². The minimum atomic E-state index is 0.554. The van der Waals surface area contributed by atoms with Crippen molar-refractivity contribution in [3.8, 4) is 0 Å². The Morgan fingerprint density at radius 1 is 1.25 bits per heavy atom. The third kappa shape index (κ3) is 1.86. The highest BCUT2D eigenvalue weighted by Gasteiger charge is 2.53. The molecule has 4 saturated carbocycles. The van der Waals surface area contributed by atoms with Gasteiger partial charge in [0.25, 0.3) is 0 Å². The lowest BCUT2D eigenvalue weighted by atomic mass is 9.48. The fourth-order valence-corrected chi connectivity index (χ4v) is 6.01. The first kappa shape index (κ1) is 12.9. The van der Waals surface area contributed by atoms with Crippen molar-refractivity contribution < 1.29 is 0 Å². The van der Waals surface area contributed by atoms with Gasteiger partial charge in [-0.3, -0.25) is 0 Å². The predicted molar refractivity (Wildman–Crippen MR) is 80.3 cm³/mol. The van der Waals surface area contributed by atoms with Gasteiger partial charge < -0.3 is 10.3 Å². The van der Waals surface area contributed by atoms with Crippen LogP contribution in [0.25, 0.3) is 0 Å². The monoisotopic (exact) mass is 273 g/mol. The van der Waals surface area contributed by atoms with Crippen LogP contribution in [0.4, 0.5) is 0 Å². The van der Waals surface area contributed by atoms with E-state index in [4.69, 9.17) is 5.73 Å². The van der Waals surface area contributed by atoms with Crippen LogP contribution in [0.3, 0.4) is 0 Å². The third-order valence-electron chi connectivity index (χ3n) is 6.54. The van der Waals surface area contributed by atoms with Crippen molar-refractivity contribution in [2.45, 2.75) is 57.9 Å². The van der Waals surface area contributed by atoms with Crippen LogP contribution < -0.4 is 5.73 Å². The smallest absolute Gasteiger partial charge is 0.0950 e. The van der Waals surface area contributed by atoms with Gasteiger partial charge in [0.05, 0.1) is 6.33 Å². The highest BCUT2D eigenvalue weighted by molar-refractivity contribution is 5.09. The summed E-state index contributed by atoms with van der Waals surface area (Å²) in [4.78, 5) is 4.40. The average molecular weight is 273 g/mol. The molecule has 0 radical (unpaired) electrons. The molecule has 4 bridgehead atoms. The molecule has 1 aromatic heterocycles. The molecule has 0 saturated heterocycles. The molecule has 1 aromatic rings. The van der Waals surface area contributed by atoms with E-state index >= 15 is 0 Å². The van der Waals surface area contributed by atoms with Gasteiger partial charge in [0, 0.05) is 24.4 Å². The summed E-state index contributed by atoms with van der Waals surface area (Å²) in [6.07, 6.45) is 14.0. The molecule has 1 heterocycles. The highest BCUT2D eigenvalue weighted by atomic mass is 15.1. The Morgan fingerprint density at radius 3 is 2.40 bits per heavy atom. The molecule has 110 valence electrons. The first-order valence-corrected chi connectivity index (χ1v) is 8.41. The van der Waals surface area contributed by atoms with Crippen molar-refractivity contribution in [2.24, 2.45) is 28.9 Å². The van der Waals surface area contributed by atoms with Gasteiger partial charge in [0.1, 0.15) is 0 Å². The Balaban J connectivity index is 1.64.